The SMILES string of the molecule is CN(C)Cc1ccc(CNC(=O)c2ccc(Cl)c(Cl)c2)cc1. The van der Waals surface area contributed by atoms with Crippen molar-refractivity contribution in [2.75, 3.05) is 14.1 Å². The lowest BCUT2D eigenvalue weighted by Crippen LogP contribution is -2.22. The van der Waals surface area contributed by atoms with Crippen LogP contribution in [0, 0.1) is 0 Å². The second-order valence-electron chi connectivity index (χ2n) is 5.37. The van der Waals surface area contributed by atoms with Gasteiger partial charge in [0.2, 0.25) is 0 Å². The van der Waals surface area contributed by atoms with E-state index in [9.17, 15) is 4.79 Å². The van der Waals surface area contributed by atoms with Gasteiger partial charge in [0, 0.05) is 18.7 Å². The summed E-state index contributed by atoms with van der Waals surface area (Å²) in [4.78, 5) is 14.2. The summed E-state index contributed by atoms with van der Waals surface area (Å²) < 4.78 is 0. The molecule has 0 aromatic heterocycles. The molecule has 1 amide bonds. The van der Waals surface area contributed by atoms with Gasteiger partial charge < -0.3 is 10.2 Å². The van der Waals surface area contributed by atoms with Gasteiger partial charge in [0.25, 0.3) is 5.91 Å². The summed E-state index contributed by atoms with van der Waals surface area (Å²) in [6.07, 6.45) is 0. The molecule has 0 aliphatic heterocycles. The number of rotatable bonds is 5. The fourth-order valence-electron chi connectivity index (χ4n) is 2.05. The molecule has 3 nitrogen and oxygen atoms in total. The van der Waals surface area contributed by atoms with Crippen LogP contribution >= 0.6 is 23.2 Å². The number of halogens is 2. The van der Waals surface area contributed by atoms with Crippen LogP contribution in [0.25, 0.3) is 0 Å². The first-order valence-electron chi connectivity index (χ1n) is 6.91. The second-order valence-corrected chi connectivity index (χ2v) is 6.18. The first-order chi connectivity index (χ1) is 10.5. The standard InChI is InChI=1S/C17H18Cl2N2O/c1-21(2)11-13-5-3-12(4-6-13)10-20-17(22)14-7-8-15(18)16(19)9-14/h3-9H,10-11H2,1-2H3,(H,20,22). The van der Waals surface area contributed by atoms with E-state index in [1.165, 1.54) is 5.56 Å². The predicted molar refractivity (Wildman–Crippen MR) is 91.5 cm³/mol. The summed E-state index contributed by atoms with van der Waals surface area (Å²) in [6.45, 7) is 1.37. The van der Waals surface area contributed by atoms with E-state index in [1.54, 1.807) is 18.2 Å². The number of carbonyl (C=O) groups excluding carboxylic acids is 1. The summed E-state index contributed by atoms with van der Waals surface area (Å²) in [6, 6.07) is 13.0. The highest BCUT2D eigenvalue weighted by atomic mass is 35.5. The lowest BCUT2D eigenvalue weighted by Gasteiger charge is -2.10. The fraction of sp³-hybridized carbons (Fsp3) is 0.235. The summed E-state index contributed by atoms with van der Waals surface area (Å²) in [5.41, 5.74) is 2.79. The molecule has 0 heterocycles. The Hall–Kier alpha value is -1.55. The van der Waals surface area contributed by atoms with Gasteiger partial charge in [0.05, 0.1) is 10.0 Å². The van der Waals surface area contributed by atoms with E-state index in [1.807, 2.05) is 26.2 Å². The molecular formula is C17H18Cl2N2O. The number of hydrogen-bond acceptors (Lipinski definition) is 2. The maximum absolute atomic E-state index is 12.1. The molecule has 116 valence electrons. The highest BCUT2D eigenvalue weighted by molar-refractivity contribution is 6.42. The molecule has 5 heteroatoms. The molecule has 0 aliphatic carbocycles. The van der Waals surface area contributed by atoms with Gasteiger partial charge in [-0.2, -0.15) is 0 Å². The average Bonchev–Trinajstić information content (AvgIpc) is 2.48. The first-order valence-corrected chi connectivity index (χ1v) is 7.67. The van der Waals surface area contributed by atoms with Gasteiger partial charge in [-0.3, -0.25) is 4.79 Å². The highest BCUT2D eigenvalue weighted by Crippen LogP contribution is 2.22. The summed E-state index contributed by atoms with van der Waals surface area (Å²) in [5, 5.41) is 3.69. The van der Waals surface area contributed by atoms with Crippen molar-refractivity contribution in [1.82, 2.24) is 10.2 Å². The van der Waals surface area contributed by atoms with Crippen LogP contribution in [0.1, 0.15) is 21.5 Å². The second kappa shape index (κ2) is 7.63. The molecule has 0 aliphatic rings. The Morgan fingerprint density at radius 3 is 2.23 bits per heavy atom. The van der Waals surface area contributed by atoms with E-state index < -0.39 is 0 Å². The van der Waals surface area contributed by atoms with E-state index in [0.717, 1.165) is 12.1 Å². The van der Waals surface area contributed by atoms with E-state index >= 15 is 0 Å². The van der Waals surface area contributed by atoms with E-state index in [-0.39, 0.29) is 5.91 Å². The van der Waals surface area contributed by atoms with Crippen LogP contribution in [0.4, 0.5) is 0 Å². The van der Waals surface area contributed by atoms with Crippen molar-refractivity contribution in [2.24, 2.45) is 0 Å². The molecule has 0 saturated carbocycles. The number of carbonyl (C=O) groups is 1. The number of nitrogens with zero attached hydrogens (tertiary/aromatic N) is 1. The molecule has 1 N–H and O–H groups in total. The highest BCUT2D eigenvalue weighted by Gasteiger charge is 2.07. The van der Waals surface area contributed by atoms with Gasteiger partial charge in [0.1, 0.15) is 0 Å². The lowest BCUT2D eigenvalue weighted by atomic mass is 10.1. The van der Waals surface area contributed by atoms with Crippen LogP contribution in [0.5, 0.6) is 0 Å². The Labute approximate surface area is 140 Å². The van der Waals surface area contributed by atoms with Crippen molar-refractivity contribution in [3.8, 4) is 0 Å². The monoisotopic (exact) mass is 336 g/mol. The van der Waals surface area contributed by atoms with Crippen molar-refractivity contribution in [1.29, 1.82) is 0 Å². The lowest BCUT2D eigenvalue weighted by molar-refractivity contribution is 0.0951. The first kappa shape index (κ1) is 16.8. The maximum Gasteiger partial charge on any atom is 0.251 e. The van der Waals surface area contributed by atoms with Gasteiger partial charge in [-0.15, -0.1) is 0 Å². The molecular weight excluding hydrogens is 319 g/mol. The molecule has 0 saturated heterocycles. The van der Waals surface area contributed by atoms with Gasteiger partial charge in [-0.05, 0) is 43.4 Å². The molecule has 0 bridgehead atoms. The third-order valence-corrected chi connectivity index (χ3v) is 3.90. The molecule has 0 unspecified atom stereocenters. The molecule has 0 spiro atoms. The number of amides is 1. The van der Waals surface area contributed by atoms with Crippen LogP contribution in [0.2, 0.25) is 10.0 Å². The van der Waals surface area contributed by atoms with Crippen molar-refractivity contribution in [3.05, 3.63) is 69.2 Å². The Kier molecular flexibility index (Phi) is 5.83. The van der Waals surface area contributed by atoms with Crippen molar-refractivity contribution in [2.45, 2.75) is 13.1 Å². The largest absolute Gasteiger partial charge is 0.348 e. The molecule has 2 aromatic rings. The molecule has 2 aromatic carbocycles. The van der Waals surface area contributed by atoms with Crippen LogP contribution in [-0.2, 0) is 13.1 Å². The smallest absolute Gasteiger partial charge is 0.251 e. The quantitative estimate of drug-likeness (QED) is 0.895. The van der Waals surface area contributed by atoms with E-state index in [4.69, 9.17) is 23.2 Å². The Morgan fingerprint density at radius 2 is 1.64 bits per heavy atom. The fourth-order valence-corrected chi connectivity index (χ4v) is 2.35. The number of nitrogens with one attached hydrogen (secondary N) is 1. The van der Waals surface area contributed by atoms with Crippen LogP contribution in [0.15, 0.2) is 42.5 Å². The average molecular weight is 337 g/mol. The number of benzene rings is 2. The predicted octanol–water partition coefficient (Wildman–Crippen LogP) is 3.99. The van der Waals surface area contributed by atoms with Gasteiger partial charge in [-0.25, -0.2) is 0 Å². The van der Waals surface area contributed by atoms with Crippen LogP contribution in [0.3, 0.4) is 0 Å². The Morgan fingerprint density at radius 1 is 1.00 bits per heavy atom. The molecule has 0 radical (unpaired) electrons. The molecule has 0 atom stereocenters. The minimum Gasteiger partial charge on any atom is -0.348 e. The summed E-state index contributed by atoms with van der Waals surface area (Å²) in [5.74, 6) is -0.170. The van der Waals surface area contributed by atoms with Gasteiger partial charge >= 0.3 is 0 Å². The van der Waals surface area contributed by atoms with Crippen LogP contribution < -0.4 is 5.32 Å². The Bertz CT molecular complexity index is 654. The molecule has 0 fully saturated rings. The van der Waals surface area contributed by atoms with Gasteiger partial charge in [0.15, 0.2) is 0 Å². The third-order valence-electron chi connectivity index (χ3n) is 3.16. The molecule has 2 rings (SSSR count). The zero-order valence-electron chi connectivity index (χ0n) is 12.6. The van der Waals surface area contributed by atoms with E-state index in [2.05, 4.69) is 22.3 Å². The van der Waals surface area contributed by atoms with E-state index in [0.29, 0.717) is 22.2 Å². The minimum atomic E-state index is -0.170. The van der Waals surface area contributed by atoms with Crippen molar-refractivity contribution in [3.63, 3.8) is 0 Å². The number of hydrogen-bond donors (Lipinski definition) is 1. The van der Waals surface area contributed by atoms with Crippen molar-refractivity contribution < 1.29 is 4.79 Å². The van der Waals surface area contributed by atoms with Gasteiger partial charge in [-0.1, -0.05) is 47.5 Å². The molecule has 22 heavy (non-hydrogen) atoms. The van der Waals surface area contributed by atoms with Crippen molar-refractivity contribution >= 4 is 29.1 Å². The normalized spacial score (nSPS) is 10.8. The zero-order valence-corrected chi connectivity index (χ0v) is 14.1. The topological polar surface area (TPSA) is 32.3 Å². The zero-order chi connectivity index (χ0) is 16.1. The Balaban J connectivity index is 1.94. The van der Waals surface area contributed by atoms with Crippen LogP contribution in [-0.4, -0.2) is 24.9 Å². The maximum atomic E-state index is 12.1. The summed E-state index contributed by atoms with van der Waals surface area (Å²) in [7, 11) is 4.07. The third kappa shape index (κ3) is 4.73. The minimum absolute atomic E-state index is 0.170. The summed E-state index contributed by atoms with van der Waals surface area (Å²) >= 11 is 11.8.